The maximum atomic E-state index is 11.8. The van der Waals surface area contributed by atoms with Gasteiger partial charge in [0, 0.05) is 13.0 Å². The Morgan fingerprint density at radius 1 is 1.31 bits per heavy atom. The van der Waals surface area contributed by atoms with Crippen LogP contribution in [0.4, 0.5) is 0 Å². The molecule has 0 bridgehead atoms. The number of aromatic nitrogens is 3. The van der Waals surface area contributed by atoms with Crippen molar-refractivity contribution in [2.45, 2.75) is 70.9 Å². The first-order valence-electron chi connectivity index (χ1n) is 10.4. The summed E-state index contributed by atoms with van der Waals surface area (Å²) in [6, 6.07) is 6.52. The van der Waals surface area contributed by atoms with E-state index in [2.05, 4.69) is 10.4 Å². The Bertz CT molecular complexity index is 1010. The molecular weight excluding hydrogens is 436 g/mol. The highest BCUT2D eigenvalue weighted by Gasteiger charge is 2.46. The number of aliphatic hydroxyl groups is 3. The molecule has 3 rings (SSSR count). The number of hydrogen-bond donors (Lipinski definition) is 4. The minimum Gasteiger partial charge on any atom is -0.485 e. The molecular formula is C21H30N4O6S. The standard InChI is InChI=1S/C21H30N4O6S/c1-11(2)24-16(10-30-14-8-6-5-7-12(14)3)23-25(21(24)32)20-17(22-13(4)27)19(29)18(28)15(9-26)31-20/h5-8,11,15,17-20,26,28-29H,9-10H2,1-4H3,(H,22,27)/t15-,17-,18+,19-,20-/m0/s1. The number of carbonyl (C=O) groups is 1. The summed E-state index contributed by atoms with van der Waals surface area (Å²) in [6.07, 6.45) is -4.90. The third-order valence-electron chi connectivity index (χ3n) is 5.38. The van der Waals surface area contributed by atoms with Crippen LogP contribution < -0.4 is 10.1 Å². The first kappa shape index (κ1) is 24.3. The fourth-order valence-corrected chi connectivity index (χ4v) is 4.24. The fourth-order valence-electron chi connectivity index (χ4n) is 3.78. The Morgan fingerprint density at radius 3 is 2.59 bits per heavy atom. The van der Waals surface area contributed by atoms with Crippen LogP contribution in [0.25, 0.3) is 0 Å². The molecule has 1 fully saturated rings. The molecule has 1 aliphatic heterocycles. The van der Waals surface area contributed by atoms with Crippen molar-refractivity contribution in [3.8, 4) is 5.75 Å². The zero-order valence-electron chi connectivity index (χ0n) is 18.5. The van der Waals surface area contributed by atoms with Crippen LogP contribution in [-0.2, 0) is 16.1 Å². The van der Waals surface area contributed by atoms with Gasteiger partial charge in [-0.1, -0.05) is 18.2 Å². The lowest BCUT2D eigenvalue weighted by Gasteiger charge is -2.42. The SMILES string of the molecule is CC(=O)N[C@H]1[C@H](O)[C@H](O)[C@H](CO)O[C@@H]1n1nc(COc2ccccc2C)n(C(C)C)c1=S. The molecule has 1 saturated heterocycles. The van der Waals surface area contributed by atoms with Crippen LogP contribution in [0, 0.1) is 11.7 Å². The molecule has 2 heterocycles. The highest BCUT2D eigenvalue weighted by atomic mass is 32.1. The van der Waals surface area contributed by atoms with Gasteiger partial charge in [0.25, 0.3) is 0 Å². The van der Waals surface area contributed by atoms with Crippen LogP contribution in [0.5, 0.6) is 5.75 Å². The van der Waals surface area contributed by atoms with Crippen molar-refractivity contribution in [1.29, 1.82) is 0 Å². The van der Waals surface area contributed by atoms with Gasteiger partial charge in [0.2, 0.25) is 10.7 Å². The van der Waals surface area contributed by atoms with E-state index in [1.807, 2.05) is 45.0 Å². The van der Waals surface area contributed by atoms with Crippen molar-refractivity contribution in [3.63, 3.8) is 0 Å². The number of hydrogen-bond acceptors (Lipinski definition) is 8. The van der Waals surface area contributed by atoms with Gasteiger partial charge in [-0.2, -0.15) is 5.10 Å². The van der Waals surface area contributed by atoms with Crippen LogP contribution in [0.3, 0.4) is 0 Å². The molecule has 0 unspecified atom stereocenters. The van der Waals surface area contributed by atoms with Crippen LogP contribution in [0.15, 0.2) is 24.3 Å². The lowest BCUT2D eigenvalue weighted by atomic mass is 9.96. The molecule has 2 aromatic rings. The van der Waals surface area contributed by atoms with Gasteiger partial charge in [-0.3, -0.25) is 9.36 Å². The van der Waals surface area contributed by atoms with Crippen molar-refractivity contribution >= 4 is 18.1 Å². The number of aryl methyl sites for hydroxylation is 1. The van der Waals surface area contributed by atoms with Crippen LogP contribution >= 0.6 is 12.2 Å². The molecule has 4 N–H and O–H groups in total. The van der Waals surface area contributed by atoms with E-state index in [-0.39, 0.29) is 12.6 Å². The zero-order valence-corrected chi connectivity index (χ0v) is 19.3. The third kappa shape index (κ3) is 4.86. The molecule has 1 amide bonds. The predicted octanol–water partition coefficient (Wildman–Crippen LogP) is 0.999. The zero-order chi connectivity index (χ0) is 23.6. The summed E-state index contributed by atoms with van der Waals surface area (Å²) in [5.74, 6) is 0.821. The van der Waals surface area contributed by atoms with Gasteiger partial charge < -0.3 is 30.1 Å². The van der Waals surface area contributed by atoms with E-state index in [1.165, 1.54) is 11.6 Å². The van der Waals surface area contributed by atoms with Crippen molar-refractivity contribution < 1.29 is 29.6 Å². The fraction of sp³-hybridized carbons (Fsp3) is 0.571. The van der Waals surface area contributed by atoms with Crippen LogP contribution in [0.2, 0.25) is 0 Å². The Morgan fingerprint density at radius 2 is 2.00 bits per heavy atom. The summed E-state index contributed by atoms with van der Waals surface area (Å²) in [5.41, 5.74) is 0.978. The molecule has 0 radical (unpaired) electrons. The monoisotopic (exact) mass is 466 g/mol. The molecule has 0 saturated carbocycles. The Labute approximate surface area is 191 Å². The number of rotatable bonds is 7. The van der Waals surface area contributed by atoms with Gasteiger partial charge in [0.1, 0.15) is 36.7 Å². The number of para-hydroxylation sites is 1. The van der Waals surface area contributed by atoms with Crippen molar-refractivity contribution in [3.05, 3.63) is 40.4 Å². The number of carbonyl (C=O) groups excluding carboxylic acids is 1. The second-order valence-corrected chi connectivity index (χ2v) is 8.48. The molecule has 176 valence electrons. The maximum Gasteiger partial charge on any atom is 0.217 e. The van der Waals surface area contributed by atoms with Crippen LogP contribution in [0.1, 0.15) is 44.4 Å². The number of benzene rings is 1. The molecule has 1 aliphatic rings. The quantitative estimate of drug-likeness (QED) is 0.445. The van der Waals surface area contributed by atoms with Gasteiger partial charge in [-0.15, -0.1) is 0 Å². The Kier molecular flexibility index (Phi) is 7.67. The van der Waals surface area contributed by atoms with Crippen molar-refractivity contribution in [1.82, 2.24) is 19.7 Å². The summed E-state index contributed by atoms with van der Waals surface area (Å²) in [5, 5.41) is 37.7. The molecule has 1 aromatic carbocycles. The second kappa shape index (κ2) is 10.1. The second-order valence-electron chi connectivity index (χ2n) is 8.12. The topological polar surface area (TPSA) is 131 Å². The molecule has 32 heavy (non-hydrogen) atoms. The van der Waals surface area contributed by atoms with E-state index in [0.717, 1.165) is 5.56 Å². The first-order chi connectivity index (χ1) is 15.1. The van der Waals surface area contributed by atoms with Gasteiger partial charge in [0.15, 0.2) is 12.1 Å². The average molecular weight is 467 g/mol. The minimum atomic E-state index is -1.40. The van der Waals surface area contributed by atoms with Gasteiger partial charge >= 0.3 is 0 Å². The molecule has 0 spiro atoms. The lowest BCUT2D eigenvalue weighted by Crippen LogP contribution is -2.62. The Balaban J connectivity index is 1.99. The lowest BCUT2D eigenvalue weighted by molar-refractivity contribution is -0.219. The predicted molar refractivity (Wildman–Crippen MR) is 118 cm³/mol. The summed E-state index contributed by atoms with van der Waals surface area (Å²) in [6.45, 7) is 6.73. The summed E-state index contributed by atoms with van der Waals surface area (Å²) < 4.78 is 15.3. The van der Waals surface area contributed by atoms with E-state index >= 15 is 0 Å². The molecule has 5 atom stereocenters. The number of nitrogens with zero attached hydrogens (tertiary/aromatic N) is 3. The number of ether oxygens (including phenoxy) is 2. The average Bonchev–Trinajstić information content (AvgIpc) is 3.07. The highest BCUT2D eigenvalue weighted by Crippen LogP contribution is 2.29. The van der Waals surface area contributed by atoms with E-state index in [9.17, 15) is 20.1 Å². The molecule has 11 heteroatoms. The highest BCUT2D eigenvalue weighted by molar-refractivity contribution is 7.71. The Hall–Kier alpha value is -2.31. The number of aliphatic hydroxyl groups excluding tert-OH is 3. The largest absolute Gasteiger partial charge is 0.485 e. The minimum absolute atomic E-state index is 0.0568. The maximum absolute atomic E-state index is 11.8. The summed E-state index contributed by atoms with van der Waals surface area (Å²) >= 11 is 5.64. The smallest absolute Gasteiger partial charge is 0.217 e. The normalized spacial score (nSPS) is 25.7. The van der Waals surface area contributed by atoms with Crippen molar-refractivity contribution in [2.75, 3.05) is 6.61 Å². The third-order valence-corrected chi connectivity index (χ3v) is 5.76. The van der Waals surface area contributed by atoms with Gasteiger partial charge in [0.05, 0.1) is 6.61 Å². The molecule has 0 aliphatic carbocycles. The van der Waals surface area contributed by atoms with Crippen LogP contribution in [-0.4, -0.2) is 66.5 Å². The summed E-state index contributed by atoms with van der Waals surface area (Å²) in [7, 11) is 0. The number of nitrogens with one attached hydrogen (secondary N) is 1. The number of amides is 1. The van der Waals surface area contributed by atoms with Gasteiger partial charge in [-0.05, 0) is 44.6 Å². The van der Waals surface area contributed by atoms with Gasteiger partial charge in [-0.25, -0.2) is 4.68 Å². The molecule has 10 nitrogen and oxygen atoms in total. The van der Waals surface area contributed by atoms with E-state index in [4.69, 9.17) is 21.7 Å². The van der Waals surface area contributed by atoms with E-state index in [1.54, 1.807) is 4.57 Å². The molecule has 1 aromatic heterocycles. The van der Waals surface area contributed by atoms with Crippen molar-refractivity contribution in [2.24, 2.45) is 0 Å². The first-order valence-corrected chi connectivity index (χ1v) is 10.8. The summed E-state index contributed by atoms with van der Waals surface area (Å²) in [4.78, 5) is 11.8. The van der Waals surface area contributed by atoms with E-state index < -0.39 is 43.1 Å². The van der Waals surface area contributed by atoms with E-state index in [0.29, 0.717) is 16.3 Å².